The Labute approximate surface area is 240 Å². The Bertz CT molecular complexity index is 1430. The Kier molecular flexibility index (Phi) is 9.01. The van der Waals surface area contributed by atoms with Crippen molar-refractivity contribution in [3.63, 3.8) is 0 Å². The Morgan fingerprint density at radius 1 is 1.00 bits per heavy atom. The molecule has 8 nitrogen and oxygen atoms in total. The highest BCUT2D eigenvalue weighted by molar-refractivity contribution is 7.80. The molecule has 216 valence electrons. The lowest BCUT2D eigenvalue weighted by Gasteiger charge is -2.24. The lowest BCUT2D eigenvalue weighted by molar-refractivity contribution is -0.137. The van der Waals surface area contributed by atoms with Crippen LogP contribution in [0.1, 0.15) is 24.5 Å². The zero-order valence-electron chi connectivity index (χ0n) is 22.5. The van der Waals surface area contributed by atoms with Crippen LogP contribution in [0.4, 0.5) is 24.5 Å². The van der Waals surface area contributed by atoms with Gasteiger partial charge in [0, 0.05) is 12.2 Å². The summed E-state index contributed by atoms with van der Waals surface area (Å²) in [4.78, 5) is 29.3. The van der Waals surface area contributed by atoms with Crippen LogP contribution in [-0.2, 0) is 22.3 Å². The fourth-order valence-corrected chi connectivity index (χ4v) is 4.82. The van der Waals surface area contributed by atoms with E-state index in [1.807, 2.05) is 6.92 Å². The maximum Gasteiger partial charge on any atom is 0.416 e. The van der Waals surface area contributed by atoms with Crippen molar-refractivity contribution < 1.29 is 37.0 Å². The van der Waals surface area contributed by atoms with Crippen LogP contribution in [-0.4, -0.2) is 48.7 Å². The van der Waals surface area contributed by atoms with E-state index in [0.717, 1.165) is 17.0 Å². The number of carbonyl (C=O) groups excluding carboxylic acids is 2. The molecular weight excluding hydrogens is 559 g/mol. The minimum absolute atomic E-state index is 0.0250. The number of halogens is 3. The third kappa shape index (κ3) is 6.71. The molecule has 1 fully saturated rings. The summed E-state index contributed by atoms with van der Waals surface area (Å²) in [6.45, 7) is 2.43. The third-order valence-corrected chi connectivity index (χ3v) is 6.80. The molecule has 0 aromatic heterocycles. The number of anilines is 2. The molecule has 1 N–H and O–H groups in total. The zero-order chi connectivity index (χ0) is 29.7. The smallest absolute Gasteiger partial charge is 0.416 e. The van der Waals surface area contributed by atoms with Gasteiger partial charge in [-0.15, -0.1) is 0 Å². The summed E-state index contributed by atoms with van der Waals surface area (Å²) >= 11 is 5.61. The van der Waals surface area contributed by atoms with Crippen molar-refractivity contribution in [3.05, 3.63) is 77.9 Å². The van der Waals surface area contributed by atoms with Gasteiger partial charge in [0.05, 0.1) is 38.5 Å². The van der Waals surface area contributed by atoms with Crippen molar-refractivity contribution in [3.8, 4) is 17.2 Å². The Hall–Kier alpha value is -4.32. The van der Waals surface area contributed by atoms with E-state index in [4.69, 9.17) is 26.4 Å². The number of hydrogen-bond acceptors (Lipinski definition) is 6. The molecule has 3 aromatic carbocycles. The van der Waals surface area contributed by atoms with Crippen molar-refractivity contribution in [2.45, 2.75) is 32.1 Å². The summed E-state index contributed by atoms with van der Waals surface area (Å²) in [5.41, 5.74) is 0.212. The van der Waals surface area contributed by atoms with Crippen LogP contribution >= 0.6 is 12.2 Å². The summed E-state index contributed by atoms with van der Waals surface area (Å²) in [5.74, 6) is 0.490. The Morgan fingerprint density at radius 3 is 2.34 bits per heavy atom. The van der Waals surface area contributed by atoms with Crippen LogP contribution in [0.5, 0.6) is 17.2 Å². The quantitative estimate of drug-likeness (QED) is 0.307. The van der Waals surface area contributed by atoms with Gasteiger partial charge in [0.25, 0.3) is 5.91 Å². The van der Waals surface area contributed by atoms with Crippen LogP contribution in [0.3, 0.4) is 0 Å². The van der Waals surface area contributed by atoms with E-state index in [1.54, 1.807) is 42.5 Å². The van der Waals surface area contributed by atoms with E-state index in [0.29, 0.717) is 35.1 Å². The highest BCUT2D eigenvalue weighted by atomic mass is 32.1. The maximum absolute atomic E-state index is 13.7. The van der Waals surface area contributed by atoms with Crippen LogP contribution in [0.2, 0.25) is 0 Å². The summed E-state index contributed by atoms with van der Waals surface area (Å²) in [6, 6.07) is 15.2. The molecule has 1 aliphatic rings. The van der Waals surface area contributed by atoms with E-state index >= 15 is 0 Å². The largest absolute Gasteiger partial charge is 0.494 e. The van der Waals surface area contributed by atoms with Crippen LogP contribution < -0.4 is 24.4 Å². The Morgan fingerprint density at radius 2 is 1.71 bits per heavy atom. The average Bonchev–Trinajstić information content (AvgIpc) is 3.17. The molecule has 0 aliphatic carbocycles. The van der Waals surface area contributed by atoms with Crippen LogP contribution in [0, 0.1) is 0 Å². The van der Waals surface area contributed by atoms with E-state index in [-0.39, 0.29) is 23.8 Å². The van der Waals surface area contributed by atoms with E-state index in [2.05, 4.69) is 5.32 Å². The predicted octanol–water partition coefficient (Wildman–Crippen LogP) is 5.65. The molecule has 4 rings (SSSR count). The first-order valence-corrected chi connectivity index (χ1v) is 13.0. The molecule has 2 amide bonds. The van der Waals surface area contributed by atoms with Gasteiger partial charge in [-0.3, -0.25) is 14.5 Å². The fourth-order valence-electron chi connectivity index (χ4n) is 4.44. The normalized spacial score (nSPS) is 15.2. The van der Waals surface area contributed by atoms with Crippen molar-refractivity contribution in [2.24, 2.45) is 0 Å². The lowest BCUT2D eigenvalue weighted by atomic mass is 10.1. The molecule has 1 heterocycles. The van der Waals surface area contributed by atoms with Gasteiger partial charge in [-0.1, -0.05) is 12.1 Å². The highest BCUT2D eigenvalue weighted by Gasteiger charge is 2.44. The van der Waals surface area contributed by atoms with Gasteiger partial charge in [-0.25, -0.2) is 0 Å². The van der Waals surface area contributed by atoms with Crippen LogP contribution in [0.15, 0.2) is 66.7 Å². The van der Waals surface area contributed by atoms with Gasteiger partial charge in [0.1, 0.15) is 11.8 Å². The highest BCUT2D eigenvalue weighted by Crippen LogP contribution is 2.35. The number of rotatable bonds is 10. The topological polar surface area (TPSA) is 80.3 Å². The molecule has 0 radical (unpaired) electrons. The number of methoxy groups -OCH3 is 2. The maximum atomic E-state index is 13.7. The van der Waals surface area contributed by atoms with E-state index < -0.39 is 29.6 Å². The first-order valence-electron chi connectivity index (χ1n) is 12.6. The second-order valence-electron chi connectivity index (χ2n) is 9.05. The minimum atomic E-state index is -4.61. The summed E-state index contributed by atoms with van der Waals surface area (Å²) < 4.78 is 56.4. The molecule has 0 spiro atoms. The van der Waals surface area contributed by atoms with Crippen molar-refractivity contribution in [1.82, 2.24) is 4.90 Å². The van der Waals surface area contributed by atoms with Gasteiger partial charge in [-0.2, -0.15) is 13.2 Å². The van der Waals surface area contributed by atoms with Crippen molar-refractivity contribution in [2.75, 3.05) is 31.0 Å². The molecule has 12 heteroatoms. The number of alkyl halides is 3. The van der Waals surface area contributed by atoms with Gasteiger partial charge < -0.3 is 24.4 Å². The van der Waals surface area contributed by atoms with E-state index in [9.17, 15) is 22.8 Å². The zero-order valence-corrected chi connectivity index (χ0v) is 23.3. The number of carbonyl (C=O) groups is 2. The third-order valence-electron chi connectivity index (χ3n) is 6.38. The van der Waals surface area contributed by atoms with E-state index in [1.165, 1.54) is 31.3 Å². The first kappa shape index (κ1) is 29.7. The van der Waals surface area contributed by atoms with Crippen molar-refractivity contribution >= 4 is 40.5 Å². The number of amides is 2. The molecule has 0 saturated carbocycles. The molecule has 3 aromatic rings. The van der Waals surface area contributed by atoms with Crippen LogP contribution in [0.25, 0.3) is 0 Å². The number of nitrogens with zero attached hydrogens (tertiary/aromatic N) is 2. The molecular formula is C29H28F3N3O5S. The minimum Gasteiger partial charge on any atom is -0.494 e. The first-order chi connectivity index (χ1) is 19.5. The van der Waals surface area contributed by atoms with Crippen molar-refractivity contribution in [1.29, 1.82) is 0 Å². The number of thiocarbonyl (C=S) groups is 1. The lowest BCUT2D eigenvalue weighted by Crippen LogP contribution is -2.37. The van der Waals surface area contributed by atoms with Gasteiger partial charge in [0.15, 0.2) is 16.6 Å². The number of benzene rings is 3. The summed E-state index contributed by atoms with van der Waals surface area (Å²) in [7, 11) is 2.98. The number of ether oxygens (including phenoxy) is 3. The predicted molar refractivity (Wildman–Crippen MR) is 151 cm³/mol. The van der Waals surface area contributed by atoms with Gasteiger partial charge >= 0.3 is 6.18 Å². The SMILES string of the molecule is CCOc1ccc(NC(=O)CC2C(=O)N(c3cccc(C(F)(F)F)c3)C(=S)N2Cc2ccc(OC)c(OC)c2)cc1. The standard InChI is InChI=1S/C29H28F3N3O5S/c1-4-40-22-11-9-20(10-12-22)33-26(36)16-23-27(37)35(21-7-5-6-19(15-21)29(30,31)32)28(41)34(23)17-18-8-13-24(38-2)25(14-18)39-3/h5-15,23H,4,16-17H2,1-3H3,(H,33,36). The molecule has 0 bridgehead atoms. The second-order valence-corrected chi connectivity index (χ2v) is 9.41. The molecule has 1 atom stereocenters. The monoisotopic (exact) mass is 587 g/mol. The summed E-state index contributed by atoms with van der Waals surface area (Å²) in [5, 5.41) is 2.73. The Balaban J connectivity index is 1.63. The number of nitrogens with one attached hydrogen (secondary N) is 1. The van der Waals surface area contributed by atoms with Gasteiger partial charge in [0.2, 0.25) is 5.91 Å². The molecule has 1 aliphatic heterocycles. The van der Waals surface area contributed by atoms with Gasteiger partial charge in [-0.05, 0) is 79.3 Å². The fraction of sp³-hybridized carbons (Fsp3) is 0.276. The molecule has 41 heavy (non-hydrogen) atoms. The summed E-state index contributed by atoms with van der Waals surface area (Å²) in [6.07, 6.45) is -4.91. The average molecular weight is 588 g/mol. The molecule has 1 saturated heterocycles. The molecule has 1 unspecified atom stereocenters. The second kappa shape index (κ2) is 12.5. The number of hydrogen-bond donors (Lipinski definition) is 1.